The molecule has 2 heterocycles. The highest BCUT2D eigenvalue weighted by molar-refractivity contribution is 4.88. The summed E-state index contributed by atoms with van der Waals surface area (Å²) in [6.07, 6.45) is 3.60. The molecule has 3 heteroatoms. The summed E-state index contributed by atoms with van der Waals surface area (Å²) in [6.45, 7) is 5.46. The van der Waals surface area contributed by atoms with E-state index in [2.05, 4.69) is 17.3 Å². The third-order valence-electron chi connectivity index (χ3n) is 3.35. The third kappa shape index (κ3) is 2.22. The number of ether oxygens (including phenoxy) is 1. The molecular formula is C10H20N2O. The standard InChI is InChI=1S/C10H20N2O/c1-12-7-4-10(13-9-8-12)2-5-11-6-3-10/h11H,2-9H2,1H3. The molecule has 2 rings (SSSR count). The highest BCUT2D eigenvalue weighted by Crippen LogP contribution is 2.28. The first kappa shape index (κ1) is 9.44. The van der Waals surface area contributed by atoms with Crippen molar-refractivity contribution in [2.45, 2.75) is 24.9 Å². The molecule has 2 saturated heterocycles. The van der Waals surface area contributed by atoms with E-state index in [1.54, 1.807) is 0 Å². The molecular weight excluding hydrogens is 164 g/mol. The topological polar surface area (TPSA) is 24.5 Å². The minimum Gasteiger partial charge on any atom is -0.374 e. The highest BCUT2D eigenvalue weighted by Gasteiger charge is 2.34. The Kier molecular flexibility index (Phi) is 2.86. The predicted octanol–water partition coefficient (Wildman–Crippen LogP) is 0.461. The lowest BCUT2D eigenvalue weighted by Gasteiger charge is -2.36. The molecule has 2 aliphatic rings. The molecule has 0 atom stereocenters. The maximum atomic E-state index is 6.02. The van der Waals surface area contributed by atoms with Gasteiger partial charge in [0.25, 0.3) is 0 Å². The van der Waals surface area contributed by atoms with Crippen LogP contribution < -0.4 is 5.32 Å². The molecule has 0 aliphatic carbocycles. The van der Waals surface area contributed by atoms with Crippen LogP contribution in [0, 0.1) is 0 Å². The Morgan fingerprint density at radius 3 is 2.69 bits per heavy atom. The summed E-state index contributed by atoms with van der Waals surface area (Å²) in [6, 6.07) is 0. The first-order valence-corrected chi connectivity index (χ1v) is 5.34. The lowest BCUT2D eigenvalue weighted by Crippen LogP contribution is -2.44. The Bertz CT molecular complexity index is 166. The lowest BCUT2D eigenvalue weighted by molar-refractivity contribution is -0.0584. The number of likely N-dealkylation sites (N-methyl/N-ethyl adjacent to an activating group) is 1. The van der Waals surface area contributed by atoms with E-state index in [9.17, 15) is 0 Å². The van der Waals surface area contributed by atoms with Gasteiger partial charge in [-0.05, 0) is 39.4 Å². The molecule has 3 nitrogen and oxygen atoms in total. The van der Waals surface area contributed by atoms with Gasteiger partial charge in [-0.3, -0.25) is 0 Å². The number of piperidine rings is 1. The van der Waals surface area contributed by atoms with Crippen molar-refractivity contribution in [3.8, 4) is 0 Å². The highest BCUT2D eigenvalue weighted by atomic mass is 16.5. The second-order valence-electron chi connectivity index (χ2n) is 4.33. The van der Waals surface area contributed by atoms with Crippen LogP contribution in [-0.4, -0.2) is 50.3 Å². The van der Waals surface area contributed by atoms with Crippen LogP contribution in [0.15, 0.2) is 0 Å². The Labute approximate surface area is 80.4 Å². The monoisotopic (exact) mass is 184 g/mol. The average Bonchev–Trinajstić information content (AvgIpc) is 2.32. The van der Waals surface area contributed by atoms with Crippen LogP contribution in [0.2, 0.25) is 0 Å². The second kappa shape index (κ2) is 3.95. The Morgan fingerprint density at radius 2 is 1.92 bits per heavy atom. The summed E-state index contributed by atoms with van der Waals surface area (Å²) in [4.78, 5) is 2.37. The third-order valence-corrected chi connectivity index (χ3v) is 3.35. The van der Waals surface area contributed by atoms with Gasteiger partial charge in [0.05, 0.1) is 12.2 Å². The van der Waals surface area contributed by atoms with Crippen molar-refractivity contribution in [1.29, 1.82) is 0 Å². The quantitative estimate of drug-likeness (QED) is 0.592. The molecule has 0 aromatic heterocycles. The van der Waals surface area contributed by atoms with Gasteiger partial charge in [0.2, 0.25) is 0 Å². The fourth-order valence-electron chi connectivity index (χ4n) is 2.27. The number of nitrogens with zero attached hydrogens (tertiary/aromatic N) is 1. The zero-order valence-corrected chi connectivity index (χ0v) is 8.51. The van der Waals surface area contributed by atoms with Gasteiger partial charge in [0, 0.05) is 13.1 Å². The molecule has 0 unspecified atom stereocenters. The van der Waals surface area contributed by atoms with Crippen LogP contribution in [-0.2, 0) is 4.74 Å². The van der Waals surface area contributed by atoms with E-state index < -0.39 is 0 Å². The van der Waals surface area contributed by atoms with Crippen molar-refractivity contribution in [3.05, 3.63) is 0 Å². The van der Waals surface area contributed by atoms with Crippen LogP contribution >= 0.6 is 0 Å². The lowest BCUT2D eigenvalue weighted by atomic mass is 9.89. The first-order chi connectivity index (χ1) is 6.31. The fraction of sp³-hybridized carbons (Fsp3) is 1.00. The molecule has 0 radical (unpaired) electrons. The van der Waals surface area contributed by atoms with Crippen LogP contribution in [0.1, 0.15) is 19.3 Å². The molecule has 1 spiro atoms. The molecule has 0 aromatic carbocycles. The summed E-state index contributed by atoms with van der Waals surface area (Å²) < 4.78 is 6.02. The largest absolute Gasteiger partial charge is 0.374 e. The summed E-state index contributed by atoms with van der Waals surface area (Å²) in [5.74, 6) is 0. The maximum Gasteiger partial charge on any atom is 0.0719 e. The van der Waals surface area contributed by atoms with Crippen LogP contribution in [0.5, 0.6) is 0 Å². The number of rotatable bonds is 0. The molecule has 2 aliphatic heterocycles. The van der Waals surface area contributed by atoms with E-state index in [-0.39, 0.29) is 5.60 Å². The summed E-state index contributed by atoms with van der Waals surface area (Å²) in [7, 11) is 2.18. The van der Waals surface area contributed by atoms with E-state index in [4.69, 9.17) is 4.74 Å². The van der Waals surface area contributed by atoms with Crippen molar-refractivity contribution in [1.82, 2.24) is 10.2 Å². The van der Waals surface area contributed by atoms with Gasteiger partial charge in [-0.25, -0.2) is 0 Å². The summed E-state index contributed by atoms with van der Waals surface area (Å²) in [5, 5.41) is 3.39. The molecule has 0 saturated carbocycles. The van der Waals surface area contributed by atoms with Gasteiger partial charge in [-0.1, -0.05) is 0 Å². The summed E-state index contributed by atoms with van der Waals surface area (Å²) in [5.41, 5.74) is 0.218. The molecule has 0 bridgehead atoms. The van der Waals surface area contributed by atoms with E-state index in [1.807, 2.05) is 0 Å². The normalized spacial score (nSPS) is 30.2. The molecule has 0 amide bonds. The van der Waals surface area contributed by atoms with E-state index in [0.29, 0.717) is 0 Å². The smallest absolute Gasteiger partial charge is 0.0719 e. The van der Waals surface area contributed by atoms with E-state index in [1.165, 1.54) is 25.8 Å². The predicted molar refractivity (Wildman–Crippen MR) is 52.9 cm³/mol. The van der Waals surface area contributed by atoms with E-state index >= 15 is 0 Å². The second-order valence-corrected chi connectivity index (χ2v) is 4.33. The van der Waals surface area contributed by atoms with Gasteiger partial charge < -0.3 is 15.0 Å². The van der Waals surface area contributed by atoms with Crippen LogP contribution in [0.4, 0.5) is 0 Å². The minimum atomic E-state index is 0.218. The zero-order chi connectivity index (χ0) is 9.15. The SMILES string of the molecule is CN1CCOC2(CCNCC2)CC1. The first-order valence-electron chi connectivity index (χ1n) is 5.34. The van der Waals surface area contributed by atoms with Gasteiger partial charge in [-0.2, -0.15) is 0 Å². The van der Waals surface area contributed by atoms with Crippen LogP contribution in [0.25, 0.3) is 0 Å². The fourth-order valence-corrected chi connectivity index (χ4v) is 2.27. The molecule has 13 heavy (non-hydrogen) atoms. The van der Waals surface area contributed by atoms with Crippen molar-refractivity contribution in [2.75, 3.05) is 39.8 Å². The van der Waals surface area contributed by atoms with Crippen molar-refractivity contribution in [3.63, 3.8) is 0 Å². The van der Waals surface area contributed by atoms with E-state index in [0.717, 1.165) is 26.2 Å². The van der Waals surface area contributed by atoms with Gasteiger partial charge in [-0.15, -0.1) is 0 Å². The molecule has 76 valence electrons. The van der Waals surface area contributed by atoms with Gasteiger partial charge >= 0.3 is 0 Å². The number of hydrogen-bond donors (Lipinski definition) is 1. The van der Waals surface area contributed by atoms with Crippen molar-refractivity contribution < 1.29 is 4.74 Å². The van der Waals surface area contributed by atoms with Gasteiger partial charge in [0.1, 0.15) is 0 Å². The molecule has 2 fully saturated rings. The maximum absolute atomic E-state index is 6.02. The Balaban J connectivity index is 1.95. The molecule has 0 aromatic rings. The zero-order valence-electron chi connectivity index (χ0n) is 8.51. The van der Waals surface area contributed by atoms with Crippen molar-refractivity contribution >= 4 is 0 Å². The minimum absolute atomic E-state index is 0.218. The van der Waals surface area contributed by atoms with Crippen LogP contribution in [0.3, 0.4) is 0 Å². The molecule has 1 N–H and O–H groups in total. The summed E-state index contributed by atoms with van der Waals surface area (Å²) >= 11 is 0. The number of hydrogen-bond acceptors (Lipinski definition) is 3. The van der Waals surface area contributed by atoms with Gasteiger partial charge in [0.15, 0.2) is 0 Å². The Morgan fingerprint density at radius 1 is 1.15 bits per heavy atom. The van der Waals surface area contributed by atoms with Crippen molar-refractivity contribution in [2.24, 2.45) is 0 Å². The Hall–Kier alpha value is -0.120. The number of nitrogens with one attached hydrogen (secondary N) is 1. The average molecular weight is 184 g/mol.